The summed E-state index contributed by atoms with van der Waals surface area (Å²) in [5.41, 5.74) is 2.67. The maximum Gasteiger partial charge on any atom is 0.276 e. The van der Waals surface area contributed by atoms with Gasteiger partial charge >= 0.3 is 0 Å². The van der Waals surface area contributed by atoms with Crippen LogP contribution in [0.5, 0.6) is 0 Å². The van der Waals surface area contributed by atoms with Crippen molar-refractivity contribution in [3.8, 4) is 0 Å². The Kier molecular flexibility index (Phi) is 9.19. The molecule has 0 bridgehead atoms. The standard InChI is InChI=1S/C32H35N9O5S/c1-38-17-20(14-24(38)29(42)33-8-9-41-10-12-46-13-11-41)34-30(43)25-15-21(18-39(25)2)35-31(44)26-16-22(19-40(26)3)36-32(45)28-23-6-4-5-7-27(23)47-37-28/h4-7,14-19H,8-13H2,1-3H3,(H,33,42)(H,34,43)(H,35,44)(H,36,45). The van der Waals surface area contributed by atoms with Crippen molar-refractivity contribution >= 4 is 62.3 Å². The molecule has 4 amide bonds. The molecule has 47 heavy (non-hydrogen) atoms. The zero-order chi connectivity index (χ0) is 33.1. The van der Waals surface area contributed by atoms with Gasteiger partial charge in [0.1, 0.15) is 22.8 Å². The van der Waals surface area contributed by atoms with Crippen LogP contribution in [0, 0.1) is 0 Å². The minimum atomic E-state index is -0.419. The van der Waals surface area contributed by atoms with Crippen molar-refractivity contribution in [3.63, 3.8) is 0 Å². The first kappa shape index (κ1) is 31.7. The van der Waals surface area contributed by atoms with E-state index in [9.17, 15) is 19.2 Å². The molecule has 4 N–H and O–H groups in total. The van der Waals surface area contributed by atoms with Crippen molar-refractivity contribution in [2.45, 2.75) is 0 Å². The Morgan fingerprint density at radius 2 is 1.26 bits per heavy atom. The average Bonchev–Trinajstić information content (AvgIpc) is 3.82. The molecule has 0 unspecified atom stereocenters. The third-order valence-corrected chi connectivity index (χ3v) is 8.72. The van der Waals surface area contributed by atoms with Crippen LogP contribution >= 0.6 is 11.5 Å². The third kappa shape index (κ3) is 7.11. The summed E-state index contributed by atoms with van der Waals surface area (Å²) < 4.78 is 15.4. The fourth-order valence-electron chi connectivity index (χ4n) is 5.45. The molecule has 5 aromatic rings. The molecule has 4 aromatic heterocycles. The van der Waals surface area contributed by atoms with E-state index in [-0.39, 0.29) is 11.8 Å². The lowest BCUT2D eigenvalue weighted by molar-refractivity contribution is 0.0383. The molecule has 1 aromatic carbocycles. The molecule has 1 saturated heterocycles. The summed E-state index contributed by atoms with van der Waals surface area (Å²) in [7, 11) is 5.14. The van der Waals surface area contributed by atoms with Crippen LogP contribution in [0.3, 0.4) is 0 Å². The lowest BCUT2D eigenvalue weighted by atomic mass is 10.2. The van der Waals surface area contributed by atoms with E-state index in [2.05, 4.69) is 30.5 Å². The van der Waals surface area contributed by atoms with Crippen molar-refractivity contribution < 1.29 is 23.9 Å². The Labute approximate surface area is 274 Å². The van der Waals surface area contributed by atoms with Crippen molar-refractivity contribution in [3.05, 3.63) is 83.8 Å². The minimum Gasteiger partial charge on any atom is -0.379 e. The van der Waals surface area contributed by atoms with Crippen molar-refractivity contribution in [1.82, 2.24) is 28.3 Å². The van der Waals surface area contributed by atoms with Gasteiger partial charge in [0.25, 0.3) is 23.6 Å². The normalized spacial score (nSPS) is 13.4. The van der Waals surface area contributed by atoms with Crippen LogP contribution < -0.4 is 21.3 Å². The minimum absolute atomic E-state index is 0.231. The fraction of sp³-hybridized carbons (Fsp3) is 0.281. The van der Waals surface area contributed by atoms with Gasteiger partial charge < -0.3 is 39.7 Å². The van der Waals surface area contributed by atoms with Gasteiger partial charge in [0, 0.05) is 71.3 Å². The molecule has 0 aliphatic carbocycles. The largest absolute Gasteiger partial charge is 0.379 e. The lowest BCUT2D eigenvalue weighted by Gasteiger charge is -2.26. The predicted octanol–water partition coefficient (Wildman–Crippen LogP) is 3.13. The van der Waals surface area contributed by atoms with Crippen LogP contribution in [-0.2, 0) is 25.9 Å². The highest BCUT2D eigenvalue weighted by molar-refractivity contribution is 7.13. The summed E-state index contributed by atoms with van der Waals surface area (Å²) in [6.45, 7) is 4.34. The summed E-state index contributed by atoms with van der Waals surface area (Å²) in [5, 5.41) is 12.2. The Hall–Kier alpha value is -5.25. The number of carbonyl (C=O) groups excluding carboxylic acids is 4. The summed E-state index contributed by atoms with van der Waals surface area (Å²) >= 11 is 1.25. The number of aromatic nitrogens is 4. The van der Waals surface area contributed by atoms with Crippen LogP contribution in [0.15, 0.2) is 61.1 Å². The number of carbonyl (C=O) groups is 4. The zero-order valence-electron chi connectivity index (χ0n) is 26.2. The van der Waals surface area contributed by atoms with E-state index in [1.807, 2.05) is 24.3 Å². The number of anilines is 3. The number of hydrogen-bond donors (Lipinski definition) is 4. The molecule has 244 valence electrons. The van der Waals surface area contributed by atoms with Gasteiger partial charge in [-0.2, -0.15) is 4.37 Å². The Morgan fingerprint density at radius 3 is 1.83 bits per heavy atom. The SMILES string of the molecule is Cn1cc(NC(=O)c2cc(NC(=O)c3cc(NC(=O)c4nsc5ccccc45)cn3C)cn2C)cc1C(=O)NCCN1CCOCC1. The summed E-state index contributed by atoms with van der Waals surface area (Å²) in [4.78, 5) is 54.3. The molecular weight excluding hydrogens is 622 g/mol. The van der Waals surface area contributed by atoms with Gasteiger partial charge in [0.2, 0.25) is 0 Å². The van der Waals surface area contributed by atoms with Crippen molar-refractivity contribution in [2.75, 3.05) is 55.3 Å². The molecular formula is C32H35N9O5S. The second-order valence-corrected chi connectivity index (χ2v) is 12.1. The van der Waals surface area contributed by atoms with E-state index >= 15 is 0 Å². The highest BCUT2D eigenvalue weighted by Crippen LogP contribution is 2.24. The summed E-state index contributed by atoms with van der Waals surface area (Å²) in [6.07, 6.45) is 4.94. The van der Waals surface area contributed by atoms with Crippen LogP contribution in [0.25, 0.3) is 10.1 Å². The third-order valence-electron chi connectivity index (χ3n) is 7.90. The van der Waals surface area contributed by atoms with E-state index in [0.717, 1.165) is 29.7 Å². The van der Waals surface area contributed by atoms with E-state index in [0.29, 0.717) is 59.6 Å². The fourth-order valence-corrected chi connectivity index (χ4v) is 6.22. The summed E-state index contributed by atoms with van der Waals surface area (Å²) in [6, 6.07) is 12.3. The van der Waals surface area contributed by atoms with Crippen molar-refractivity contribution in [1.29, 1.82) is 0 Å². The van der Waals surface area contributed by atoms with E-state index in [4.69, 9.17) is 4.74 Å². The van der Waals surface area contributed by atoms with Gasteiger partial charge in [0.15, 0.2) is 0 Å². The molecule has 15 heteroatoms. The molecule has 5 heterocycles. The number of morpholine rings is 1. The second-order valence-electron chi connectivity index (χ2n) is 11.3. The first-order valence-corrected chi connectivity index (χ1v) is 15.8. The maximum atomic E-state index is 13.2. The molecule has 0 radical (unpaired) electrons. The van der Waals surface area contributed by atoms with Gasteiger partial charge in [-0.05, 0) is 35.8 Å². The van der Waals surface area contributed by atoms with Gasteiger partial charge in [-0.15, -0.1) is 0 Å². The van der Waals surface area contributed by atoms with E-state index in [1.54, 1.807) is 71.6 Å². The first-order chi connectivity index (χ1) is 22.7. The number of fused-ring (bicyclic) bond motifs is 1. The number of nitrogens with zero attached hydrogens (tertiary/aromatic N) is 5. The summed E-state index contributed by atoms with van der Waals surface area (Å²) in [5.74, 6) is -1.42. The zero-order valence-corrected chi connectivity index (χ0v) is 27.0. The number of nitrogens with one attached hydrogen (secondary N) is 4. The second kappa shape index (κ2) is 13.6. The molecule has 0 atom stereocenters. The lowest BCUT2D eigenvalue weighted by Crippen LogP contribution is -2.41. The molecule has 1 aliphatic heterocycles. The maximum absolute atomic E-state index is 13.2. The topological polar surface area (TPSA) is 157 Å². The highest BCUT2D eigenvalue weighted by Gasteiger charge is 2.20. The van der Waals surface area contributed by atoms with Crippen LogP contribution in [0.4, 0.5) is 17.1 Å². The number of aryl methyl sites for hydroxylation is 3. The molecule has 1 fully saturated rings. The number of ether oxygens (including phenoxy) is 1. The Balaban J connectivity index is 1.05. The van der Waals surface area contributed by atoms with Gasteiger partial charge in [-0.1, -0.05) is 18.2 Å². The van der Waals surface area contributed by atoms with Gasteiger partial charge in [-0.25, -0.2) is 0 Å². The first-order valence-electron chi connectivity index (χ1n) is 15.0. The van der Waals surface area contributed by atoms with Gasteiger partial charge in [0.05, 0.1) is 35.0 Å². The molecule has 0 spiro atoms. The van der Waals surface area contributed by atoms with E-state index in [1.165, 1.54) is 11.5 Å². The molecule has 0 saturated carbocycles. The number of amides is 4. The average molecular weight is 658 g/mol. The number of hydrogen-bond acceptors (Lipinski definition) is 8. The Morgan fingerprint density at radius 1 is 0.745 bits per heavy atom. The number of benzene rings is 1. The number of rotatable bonds is 10. The molecule has 6 rings (SSSR count). The van der Waals surface area contributed by atoms with Crippen LogP contribution in [0.1, 0.15) is 42.0 Å². The monoisotopic (exact) mass is 657 g/mol. The Bertz CT molecular complexity index is 1960. The highest BCUT2D eigenvalue weighted by atomic mass is 32.1. The smallest absolute Gasteiger partial charge is 0.276 e. The predicted molar refractivity (Wildman–Crippen MR) is 179 cm³/mol. The van der Waals surface area contributed by atoms with Crippen LogP contribution in [0.2, 0.25) is 0 Å². The van der Waals surface area contributed by atoms with Crippen LogP contribution in [-0.4, -0.2) is 86.0 Å². The molecule has 1 aliphatic rings. The van der Waals surface area contributed by atoms with Gasteiger partial charge in [-0.3, -0.25) is 24.1 Å². The van der Waals surface area contributed by atoms with Crippen molar-refractivity contribution in [2.24, 2.45) is 21.1 Å². The quantitative estimate of drug-likeness (QED) is 0.180. The molecule has 14 nitrogen and oxygen atoms in total. The van der Waals surface area contributed by atoms with E-state index < -0.39 is 11.8 Å².